The summed E-state index contributed by atoms with van der Waals surface area (Å²) in [6, 6.07) is 3.84. The molecule has 100 valence electrons. The zero-order chi connectivity index (χ0) is 13.0. The highest BCUT2D eigenvalue weighted by Gasteiger charge is 2.20. The Labute approximate surface area is 109 Å². The summed E-state index contributed by atoms with van der Waals surface area (Å²) < 4.78 is 5.61. The second kappa shape index (κ2) is 6.16. The van der Waals surface area contributed by atoms with Gasteiger partial charge in [0.05, 0.1) is 30.3 Å². The average molecular weight is 250 g/mol. The average Bonchev–Trinajstić information content (AvgIpc) is 3.18. The molecule has 1 aromatic heterocycles. The van der Waals surface area contributed by atoms with Crippen molar-refractivity contribution in [2.24, 2.45) is 5.92 Å². The third-order valence-electron chi connectivity index (χ3n) is 3.26. The number of aromatic nitrogens is 1. The first-order valence-corrected chi connectivity index (χ1v) is 6.59. The van der Waals surface area contributed by atoms with Crippen LogP contribution in [0.2, 0.25) is 0 Å². The molecule has 1 heterocycles. The van der Waals surface area contributed by atoms with Crippen LogP contribution in [0, 0.1) is 5.92 Å². The lowest BCUT2D eigenvalue weighted by Gasteiger charge is -2.19. The Balaban J connectivity index is 1.74. The van der Waals surface area contributed by atoms with E-state index < -0.39 is 6.10 Å². The minimum Gasteiger partial charge on any atom is -0.387 e. The van der Waals surface area contributed by atoms with E-state index >= 15 is 0 Å². The predicted molar refractivity (Wildman–Crippen MR) is 71.7 cm³/mol. The van der Waals surface area contributed by atoms with Crippen LogP contribution in [0.15, 0.2) is 18.3 Å². The minimum absolute atomic E-state index is 0.508. The van der Waals surface area contributed by atoms with Crippen LogP contribution in [0.4, 0.5) is 5.69 Å². The number of likely N-dealkylation sites (N-methyl/N-ethyl adjacent to an activating group) is 1. The summed E-state index contributed by atoms with van der Waals surface area (Å²) in [4.78, 5) is 6.35. The number of pyridine rings is 1. The number of hydrogen-bond donors (Lipinski definition) is 1. The second-order valence-electron chi connectivity index (χ2n) is 5.06. The summed E-state index contributed by atoms with van der Waals surface area (Å²) in [5.41, 5.74) is 1.76. The maximum atomic E-state index is 9.39. The molecule has 0 unspecified atom stereocenters. The minimum atomic E-state index is -0.508. The van der Waals surface area contributed by atoms with Crippen molar-refractivity contribution in [3.8, 4) is 0 Å². The van der Waals surface area contributed by atoms with E-state index in [1.54, 1.807) is 13.1 Å². The van der Waals surface area contributed by atoms with E-state index in [-0.39, 0.29) is 0 Å². The third kappa shape index (κ3) is 3.96. The van der Waals surface area contributed by atoms with Crippen LogP contribution in [0.5, 0.6) is 0 Å². The van der Waals surface area contributed by atoms with E-state index in [1.807, 2.05) is 19.2 Å². The molecule has 0 aromatic carbocycles. The largest absolute Gasteiger partial charge is 0.387 e. The summed E-state index contributed by atoms with van der Waals surface area (Å²) in [6.07, 6.45) is 3.95. The lowest BCUT2D eigenvalue weighted by Crippen LogP contribution is -2.23. The van der Waals surface area contributed by atoms with Crippen LogP contribution < -0.4 is 4.90 Å². The van der Waals surface area contributed by atoms with Crippen LogP contribution >= 0.6 is 0 Å². The summed E-state index contributed by atoms with van der Waals surface area (Å²) in [7, 11) is 2.03. The van der Waals surface area contributed by atoms with E-state index in [4.69, 9.17) is 4.74 Å². The smallest absolute Gasteiger partial charge is 0.0931 e. The molecular formula is C14H22N2O2. The Bertz CT molecular complexity index is 361. The highest BCUT2D eigenvalue weighted by atomic mass is 16.5. The Morgan fingerprint density at radius 3 is 2.83 bits per heavy atom. The Hall–Kier alpha value is -1.13. The van der Waals surface area contributed by atoms with Gasteiger partial charge in [-0.2, -0.15) is 0 Å². The zero-order valence-electron chi connectivity index (χ0n) is 11.2. The van der Waals surface area contributed by atoms with Crippen LogP contribution in [-0.4, -0.2) is 36.9 Å². The molecule has 1 atom stereocenters. The van der Waals surface area contributed by atoms with Crippen molar-refractivity contribution in [2.45, 2.75) is 25.9 Å². The Morgan fingerprint density at radius 2 is 2.28 bits per heavy atom. The van der Waals surface area contributed by atoms with Gasteiger partial charge in [0.25, 0.3) is 0 Å². The molecule has 0 bridgehead atoms. The van der Waals surface area contributed by atoms with E-state index in [0.717, 1.165) is 31.4 Å². The lowest BCUT2D eigenvalue weighted by atomic mass is 10.2. The molecule has 1 N–H and O–H groups in total. The first-order chi connectivity index (χ1) is 8.66. The lowest BCUT2D eigenvalue weighted by molar-refractivity contribution is 0.131. The van der Waals surface area contributed by atoms with Gasteiger partial charge in [-0.25, -0.2) is 0 Å². The van der Waals surface area contributed by atoms with Crippen LogP contribution in [0.1, 0.15) is 31.6 Å². The quantitative estimate of drug-likeness (QED) is 0.752. The number of nitrogens with zero attached hydrogens (tertiary/aromatic N) is 2. The first kappa shape index (κ1) is 13.3. The molecule has 0 spiro atoms. The first-order valence-electron chi connectivity index (χ1n) is 6.59. The molecule has 0 amide bonds. The monoisotopic (exact) mass is 250 g/mol. The van der Waals surface area contributed by atoms with Gasteiger partial charge >= 0.3 is 0 Å². The van der Waals surface area contributed by atoms with Gasteiger partial charge in [0.15, 0.2) is 0 Å². The van der Waals surface area contributed by atoms with Gasteiger partial charge in [-0.05, 0) is 37.8 Å². The molecule has 0 radical (unpaired) electrons. The van der Waals surface area contributed by atoms with Crippen LogP contribution in [0.25, 0.3) is 0 Å². The molecule has 4 heteroatoms. The van der Waals surface area contributed by atoms with Crippen molar-refractivity contribution in [1.29, 1.82) is 0 Å². The molecule has 0 saturated heterocycles. The molecule has 18 heavy (non-hydrogen) atoms. The summed E-state index contributed by atoms with van der Waals surface area (Å²) >= 11 is 0. The SMILES string of the molecule is C[C@@H](O)c1ccc(N(C)CCOCC2CC2)cn1. The normalized spacial score (nSPS) is 16.6. The van der Waals surface area contributed by atoms with Crippen molar-refractivity contribution in [2.75, 3.05) is 31.7 Å². The number of aliphatic hydroxyl groups is 1. The molecule has 1 fully saturated rings. The molecule has 1 saturated carbocycles. The van der Waals surface area contributed by atoms with E-state index in [2.05, 4.69) is 9.88 Å². The number of hydrogen-bond acceptors (Lipinski definition) is 4. The van der Waals surface area contributed by atoms with Crippen molar-refractivity contribution in [1.82, 2.24) is 4.98 Å². The topological polar surface area (TPSA) is 45.6 Å². The maximum Gasteiger partial charge on any atom is 0.0931 e. The van der Waals surface area contributed by atoms with Crippen molar-refractivity contribution >= 4 is 5.69 Å². The van der Waals surface area contributed by atoms with E-state index in [1.165, 1.54) is 12.8 Å². The Morgan fingerprint density at radius 1 is 1.50 bits per heavy atom. The van der Waals surface area contributed by atoms with Gasteiger partial charge in [-0.3, -0.25) is 4.98 Å². The molecule has 1 aliphatic rings. The van der Waals surface area contributed by atoms with E-state index in [9.17, 15) is 5.11 Å². The van der Waals surface area contributed by atoms with Gasteiger partial charge in [0.2, 0.25) is 0 Å². The standard InChI is InChI=1S/C14H22N2O2/c1-11(17)14-6-5-13(9-15-14)16(2)7-8-18-10-12-3-4-12/h5-6,9,11-12,17H,3-4,7-8,10H2,1-2H3/t11-/m1/s1. The summed E-state index contributed by atoms with van der Waals surface area (Å²) in [6.45, 7) is 4.25. The third-order valence-corrected chi connectivity index (χ3v) is 3.26. The summed E-state index contributed by atoms with van der Waals surface area (Å²) in [5.74, 6) is 0.822. The fourth-order valence-corrected chi connectivity index (χ4v) is 1.74. The molecule has 1 aliphatic carbocycles. The number of anilines is 1. The van der Waals surface area contributed by atoms with Gasteiger partial charge in [-0.1, -0.05) is 0 Å². The number of ether oxygens (including phenoxy) is 1. The summed E-state index contributed by atoms with van der Waals surface area (Å²) in [5, 5.41) is 9.39. The van der Waals surface area contributed by atoms with Crippen LogP contribution in [-0.2, 0) is 4.74 Å². The van der Waals surface area contributed by atoms with Gasteiger partial charge in [0, 0.05) is 20.2 Å². The highest BCUT2D eigenvalue weighted by molar-refractivity contribution is 5.43. The number of aliphatic hydroxyl groups excluding tert-OH is 1. The molecular weight excluding hydrogens is 228 g/mol. The van der Waals surface area contributed by atoms with E-state index in [0.29, 0.717) is 5.69 Å². The van der Waals surface area contributed by atoms with Gasteiger partial charge < -0.3 is 14.7 Å². The molecule has 4 nitrogen and oxygen atoms in total. The highest BCUT2D eigenvalue weighted by Crippen LogP contribution is 2.28. The second-order valence-corrected chi connectivity index (χ2v) is 5.06. The number of rotatable bonds is 7. The molecule has 2 rings (SSSR count). The Kier molecular flexibility index (Phi) is 4.55. The predicted octanol–water partition coefficient (Wildman–Crippen LogP) is 2.00. The van der Waals surface area contributed by atoms with Gasteiger partial charge in [0.1, 0.15) is 0 Å². The maximum absolute atomic E-state index is 9.39. The van der Waals surface area contributed by atoms with Crippen LogP contribution in [0.3, 0.4) is 0 Å². The van der Waals surface area contributed by atoms with Gasteiger partial charge in [-0.15, -0.1) is 0 Å². The van der Waals surface area contributed by atoms with Crippen molar-refractivity contribution < 1.29 is 9.84 Å². The van der Waals surface area contributed by atoms with Crippen molar-refractivity contribution in [3.63, 3.8) is 0 Å². The fourth-order valence-electron chi connectivity index (χ4n) is 1.74. The van der Waals surface area contributed by atoms with Crippen molar-refractivity contribution in [3.05, 3.63) is 24.0 Å². The molecule has 0 aliphatic heterocycles. The zero-order valence-corrected chi connectivity index (χ0v) is 11.2. The molecule has 1 aromatic rings. The fraction of sp³-hybridized carbons (Fsp3) is 0.643.